The van der Waals surface area contributed by atoms with Crippen LogP contribution in [0.2, 0.25) is 0 Å². The van der Waals surface area contributed by atoms with E-state index in [2.05, 4.69) is 26.7 Å². The molecule has 22 heavy (non-hydrogen) atoms. The van der Waals surface area contributed by atoms with Crippen LogP contribution < -0.4 is 9.47 Å². The maximum atomic E-state index is 11.4. The highest BCUT2D eigenvalue weighted by Gasteiger charge is 2.20. The SMILES string of the molecule is COC(=O)[C@@H](C)Oc1ccc2c(c1)OCc1ccc(Br)cc1-2. The minimum absolute atomic E-state index is 0.409. The number of carbonyl (C=O) groups excluding carboxylic acids is 1. The zero-order valence-electron chi connectivity index (χ0n) is 12.3. The number of hydrogen-bond donors (Lipinski definition) is 0. The van der Waals surface area contributed by atoms with E-state index in [0.717, 1.165) is 26.9 Å². The predicted molar refractivity (Wildman–Crippen MR) is 86.0 cm³/mol. The molecule has 0 fully saturated rings. The first kappa shape index (κ1) is 14.9. The summed E-state index contributed by atoms with van der Waals surface area (Å²) in [6.07, 6.45) is -0.659. The zero-order chi connectivity index (χ0) is 15.7. The molecular formula is C17H15BrO4. The average Bonchev–Trinajstić information content (AvgIpc) is 2.53. The summed E-state index contributed by atoms with van der Waals surface area (Å²) in [6, 6.07) is 11.7. The van der Waals surface area contributed by atoms with E-state index >= 15 is 0 Å². The van der Waals surface area contributed by atoms with Gasteiger partial charge in [-0.1, -0.05) is 22.0 Å². The lowest BCUT2D eigenvalue weighted by Crippen LogP contribution is -2.24. The maximum absolute atomic E-state index is 11.4. The van der Waals surface area contributed by atoms with Crippen LogP contribution in [-0.4, -0.2) is 19.2 Å². The van der Waals surface area contributed by atoms with Crippen LogP contribution in [-0.2, 0) is 16.1 Å². The van der Waals surface area contributed by atoms with Crippen molar-refractivity contribution in [2.45, 2.75) is 19.6 Å². The summed E-state index contributed by atoms with van der Waals surface area (Å²) in [5, 5.41) is 0. The van der Waals surface area contributed by atoms with Gasteiger partial charge >= 0.3 is 5.97 Å². The molecule has 0 bridgehead atoms. The minimum atomic E-state index is -0.659. The van der Waals surface area contributed by atoms with Crippen LogP contribution in [0.25, 0.3) is 11.1 Å². The summed E-state index contributed by atoms with van der Waals surface area (Å²) in [7, 11) is 1.34. The van der Waals surface area contributed by atoms with Gasteiger partial charge in [-0.25, -0.2) is 4.79 Å². The fourth-order valence-electron chi connectivity index (χ4n) is 2.42. The Hall–Kier alpha value is -2.01. The van der Waals surface area contributed by atoms with E-state index in [-0.39, 0.29) is 0 Å². The van der Waals surface area contributed by atoms with Gasteiger partial charge in [0.25, 0.3) is 0 Å². The van der Waals surface area contributed by atoms with Gasteiger partial charge in [-0.05, 0) is 42.3 Å². The highest BCUT2D eigenvalue weighted by molar-refractivity contribution is 9.10. The highest BCUT2D eigenvalue weighted by Crippen LogP contribution is 2.40. The normalized spacial score (nSPS) is 13.4. The molecule has 1 atom stereocenters. The molecule has 2 aromatic rings. The zero-order valence-corrected chi connectivity index (χ0v) is 13.8. The molecule has 3 rings (SSSR count). The van der Waals surface area contributed by atoms with Crippen molar-refractivity contribution in [3.8, 4) is 22.6 Å². The molecule has 5 heteroatoms. The number of ether oxygens (including phenoxy) is 3. The smallest absolute Gasteiger partial charge is 0.346 e. The molecule has 1 aliphatic rings. The molecular weight excluding hydrogens is 348 g/mol. The third-order valence-corrected chi connectivity index (χ3v) is 4.04. The number of rotatable bonds is 3. The third kappa shape index (κ3) is 2.81. The van der Waals surface area contributed by atoms with E-state index < -0.39 is 12.1 Å². The Kier molecular flexibility index (Phi) is 4.07. The van der Waals surface area contributed by atoms with Crippen molar-refractivity contribution in [1.29, 1.82) is 0 Å². The second-order valence-electron chi connectivity index (χ2n) is 5.03. The summed E-state index contributed by atoms with van der Waals surface area (Å²) in [5.41, 5.74) is 3.30. The van der Waals surface area contributed by atoms with Crippen LogP contribution in [0.4, 0.5) is 0 Å². The lowest BCUT2D eigenvalue weighted by molar-refractivity contribution is -0.147. The Balaban J connectivity index is 1.91. The standard InChI is InChI=1S/C17H15BrO4/c1-10(17(19)20-2)22-13-5-6-14-15-7-12(18)4-3-11(15)9-21-16(14)8-13/h3-8,10H,9H2,1-2H3/t10-/m1/s1. The molecule has 0 unspecified atom stereocenters. The van der Waals surface area contributed by atoms with E-state index in [1.807, 2.05) is 24.3 Å². The molecule has 1 aliphatic heterocycles. The van der Waals surface area contributed by atoms with Gasteiger partial charge in [-0.3, -0.25) is 0 Å². The van der Waals surface area contributed by atoms with Crippen LogP contribution in [0.15, 0.2) is 40.9 Å². The largest absolute Gasteiger partial charge is 0.488 e. The molecule has 2 aromatic carbocycles. The van der Waals surface area contributed by atoms with Gasteiger partial charge in [0.05, 0.1) is 7.11 Å². The van der Waals surface area contributed by atoms with Crippen molar-refractivity contribution in [1.82, 2.24) is 0 Å². The Morgan fingerprint density at radius 1 is 1.23 bits per heavy atom. The van der Waals surface area contributed by atoms with E-state index in [9.17, 15) is 4.79 Å². The number of halogens is 1. The van der Waals surface area contributed by atoms with Crippen molar-refractivity contribution in [2.75, 3.05) is 7.11 Å². The van der Waals surface area contributed by atoms with Gasteiger partial charge in [-0.2, -0.15) is 0 Å². The quantitative estimate of drug-likeness (QED) is 0.775. The van der Waals surface area contributed by atoms with Crippen LogP contribution in [0.1, 0.15) is 12.5 Å². The second-order valence-corrected chi connectivity index (χ2v) is 5.95. The molecule has 0 saturated carbocycles. The summed E-state index contributed by atoms with van der Waals surface area (Å²) in [4.78, 5) is 11.4. The molecule has 1 heterocycles. The van der Waals surface area contributed by atoms with Crippen molar-refractivity contribution in [3.63, 3.8) is 0 Å². The Bertz CT molecular complexity index is 727. The van der Waals surface area contributed by atoms with Crippen LogP contribution in [0.5, 0.6) is 11.5 Å². The number of fused-ring (bicyclic) bond motifs is 3. The predicted octanol–water partition coefficient (Wildman–Crippen LogP) is 3.95. The van der Waals surface area contributed by atoms with E-state index in [1.54, 1.807) is 13.0 Å². The Labute approximate surface area is 137 Å². The minimum Gasteiger partial charge on any atom is -0.488 e. The highest BCUT2D eigenvalue weighted by atomic mass is 79.9. The van der Waals surface area contributed by atoms with E-state index in [0.29, 0.717) is 12.4 Å². The topological polar surface area (TPSA) is 44.8 Å². The van der Waals surface area contributed by atoms with Gasteiger partial charge in [0, 0.05) is 16.1 Å². The van der Waals surface area contributed by atoms with Gasteiger partial charge < -0.3 is 14.2 Å². The van der Waals surface area contributed by atoms with Crippen LogP contribution in [0, 0.1) is 0 Å². The van der Waals surface area contributed by atoms with Gasteiger partial charge in [0.1, 0.15) is 18.1 Å². The Morgan fingerprint density at radius 3 is 2.82 bits per heavy atom. The number of benzene rings is 2. The Morgan fingerprint density at radius 2 is 2.05 bits per heavy atom. The van der Waals surface area contributed by atoms with Gasteiger partial charge in [0.15, 0.2) is 6.10 Å². The van der Waals surface area contributed by atoms with Crippen LogP contribution >= 0.6 is 15.9 Å². The summed E-state index contributed by atoms with van der Waals surface area (Å²) in [5.74, 6) is 0.920. The number of carbonyl (C=O) groups is 1. The number of methoxy groups -OCH3 is 1. The number of hydrogen-bond acceptors (Lipinski definition) is 4. The van der Waals surface area contributed by atoms with E-state index in [1.165, 1.54) is 7.11 Å². The summed E-state index contributed by atoms with van der Waals surface area (Å²) < 4.78 is 17.1. The van der Waals surface area contributed by atoms with Crippen molar-refractivity contribution >= 4 is 21.9 Å². The van der Waals surface area contributed by atoms with Gasteiger partial charge in [0.2, 0.25) is 0 Å². The van der Waals surface area contributed by atoms with Crippen molar-refractivity contribution < 1.29 is 19.0 Å². The summed E-state index contributed by atoms with van der Waals surface area (Å²) in [6.45, 7) is 2.17. The maximum Gasteiger partial charge on any atom is 0.346 e. The first-order valence-electron chi connectivity index (χ1n) is 6.88. The molecule has 0 aromatic heterocycles. The van der Waals surface area contributed by atoms with Crippen molar-refractivity contribution in [2.24, 2.45) is 0 Å². The fraction of sp³-hybridized carbons (Fsp3) is 0.235. The second kappa shape index (κ2) is 6.01. The first-order valence-corrected chi connectivity index (χ1v) is 7.68. The number of esters is 1. The third-order valence-electron chi connectivity index (χ3n) is 3.54. The fourth-order valence-corrected chi connectivity index (χ4v) is 2.78. The lowest BCUT2D eigenvalue weighted by atomic mass is 9.97. The molecule has 0 N–H and O–H groups in total. The first-order chi connectivity index (χ1) is 10.6. The molecule has 114 valence electrons. The van der Waals surface area contributed by atoms with Crippen molar-refractivity contribution in [3.05, 3.63) is 46.4 Å². The molecule has 0 radical (unpaired) electrons. The van der Waals surface area contributed by atoms with E-state index in [4.69, 9.17) is 9.47 Å². The molecule has 0 saturated heterocycles. The molecule has 0 spiro atoms. The summed E-state index contributed by atoms with van der Waals surface area (Å²) >= 11 is 3.50. The monoisotopic (exact) mass is 362 g/mol. The van der Waals surface area contributed by atoms with Gasteiger partial charge in [-0.15, -0.1) is 0 Å². The average molecular weight is 363 g/mol. The molecule has 0 amide bonds. The lowest BCUT2D eigenvalue weighted by Gasteiger charge is -2.22. The molecule has 4 nitrogen and oxygen atoms in total. The molecule has 0 aliphatic carbocycles. The van der Waals surface area contributed by atoms with Crippen LogP contribution in [0.3, 0.4) is 0 Å².